The maximum atomic E-state index is 12.3. The summed E-state index contributed by atoms with van der Waals surface area (Å²) < 4.78 is 1.87. The summed E-state index contributed by atoms with van der Waals surface area (Å²) in [5.74, 6) is -0.157. The number of rotatable bonds is 3. The molecule has 2 aromatic heterocycles. The van der Waals surface area contributed by atoms with Crippen molar-refractivity contribution in [2.24, 2.45) is 7.05 Å². The zero-order valence-electron chi connectivity index (χ0n) is 10.9. The van der Waals surface area contributed by atoms with E-state index in [4.69, 9.17) is 0 Å². The van der Waals surface area contributed by atoms with Gasteiger partial charge >= 0.3 is 0 Å². The molecule has 1 aromatic carbocycles. The van der Waals surface area contributed by atoms with Gasteiger partial charge in [0.15, 0.2) is 0 Å². The smallest absolute Gasteiger partial charge is 0.253 e. The Morgan fingerprint density at radius 3 is 3.00 bits per heavy atom. The van der Waals surface area contributed by atoms with Gasteiger partial charge in [0.1, 0.15) is 6.33 Å². The SMILES string of the molecule is Cn1cncc1CNC(=O)c1cccc2cncnc12. The number of nitrogens with zero attached hydrogens (tertiary/aromatic N) is 4. The second-order valence-electron chi connectivity index (χ2n) is 4.44. The standard InChI is InChI=1S/C14H13N5O/c1-19-9-16-6-11(19)7-17-14(20)12-4-2-3-10-5-15-8-18-13(10)12/h2-6,8-9H,7H2,1H3,(H,17,20). The molecule has 0 bridgehead atoms. The summed E-state index contributed by atoms with van der Waals surface area (Å²) in [7, 11) is 1.89. The van der Waals surface area contributed by atoms with E-state index in [9.17, 15) is 4.79 Å². The van der Waals surface area contributed by atoms with Gasteiger partial charge in [0.25, 0.3) is 5.91 Å². The molecule has 6 nitrogen and oxygen atoms in total. The summed E-state index contributed by atoms with van der Waals surface area (Å²) in [6.45, 7) is 0.427. The monoisotopic (exact) mass is 267 g/mol. The average molecular weight is 267 g/mol. The Bertz CT molecular complexity index is 760. The Kier molecular flexibility index (Phi) is 3.12. The largest absolute Gasteiger partial charge is 0.346 e. The van der Waals surface area contributed by atoms with Gasteiger partial charge < -0.3 is 9.88 Å². The number of hydrogen-bond acceptors (Lipinski definition) is 4. The summed E-state index contributed by atoms with van der Waals surface area (Å²) in [5.41, 5.74) is 2.14. The normalized spacial score (nSPS) is 10.7. The van der Waals surface area contributed by atoms with Gasteiger partial charge in [-0.2, -0.15) is 0 Å². The summed E-state index contributed by atoms with van der Waals surface area (Å²) in [5, 5.41) is 3.72. The lowest BCUT2D eigenvalue weighted by Gasteiger charge is -2.07. The highest BCUT2D eigenvalue weighted by Crippen LogP contribution is 2.14. The second-order valence-corrected chi connectivity index (χ2v) is 4.44. The van der Waals surface area contributed by atoms with Gasteiger partial charge in [-0.05, 0) is 6.07 Å². The van der Waals surface area contributed by atoms with Crippen LogP contribution in [0.3, 0.4) is 0 Å². The highest BCUT2D eigenvalue weighted by molar-refractivity contribution is 6.05. The molecule has 100 valence electrons. The van der Waals surface area contributed by atoms with Crippen molar-refractivity contribution in [3.8, 4) is 0 Å². The number of hydrogen-bond donors (Lipinski definition) is 1. The van der Waals surface area contributed by atoms with Crippen molar-refractivity contribution in [3.63, 3.8) is 0 Å². The summed E-state index contributed by atoms with van der Waals surface area (Å²) in [4.78, 5) is 24.4. The van der Waals surface area contributed by atoms with Crippen molar-refractivity contribution >= 4 is 16.8 Å². The van der Waals surface area contributed by atoms with E-state index in [1.54, 1.807) is 24.8 Å². The van der Waals surface area contributed by atoms with E-state index >= 15 is 0 Å². The first-order valence-corrected chi connectivity index (χ1v) is 6.18. The molecule has 1 N–H and O–H groups in total. The lowest BCUT2D eigenvalue weighted by molar-refractivity contribution is 0.0951. The Morgan fingerprint density at radius 1 is 1.30 bits per heavy atom. The quantitative estimate of drug-likeness (QED) is 0.776. The number of imidazole rings is 1. The Morgan fingerprint density at radius 2 is 2.20 bits per heavy atom. The minimum Gasteiger partial charge on any atom is -0.346 e. The predicted molar refractivity (Wildman–Crippen MR) is 73.9 cm³/mol. The summed E-state index contributed by atoms with van der Waals surface area (Å²) in [6, 6.07) is 5.46. The molecule has 0 aliphatic carbocycles. The molecule has 0 saturated heterocycles. The number of nitrogens with one attached hydrogen (secondary N) is 1. The Labute approximate surface area is 115 Å². The number of fused-ring (bicyclic) bond motifs is 1. The van der Waals surface area contributed by atoms with Gasteiger partial charge in [-0.1, -0.05) is 12.1 Å². The van der Waals surface area contributed by atoms with Crippen molar-refractivity contribution in [2.75, 3.05) is 0 Å². The molecule has 1 amide bonds. The zero-order chi connectivity index (χ0) is 13.9. The van der Waals surface area contributed by atoms with E-state index in [2.05, 4.69) is 20.3 Å². The molecule has 0 aliphatic heterocycles. The van der Waals surface area contributed by atoms with Crippen LogP contribution in [-0.4, -0.2) is 25.4 Å². The highest BCUT2D eigenvalue weighted by atomic mass is 16.1. The van der Waals surface area contributed by atoms with Crippen molar-refractivity contribution in [1.82, 2.24) is 24.8 Å². The molecule has 0 unspecified atom stereocenters. The second kappa shape index (κ2) is 5.08. The van der Waals surface area contributed by atoms with E-state index < -0.39 is 0 Å². The first kappa shape index (κ1) is 12.3. The van der Waals surface area contributed by atoms with Crippen LogP contribution in [0, 0.1) is 0 Å². The van der Waals surface area contributed by atoms with Gasteiger partial charge in [0.2, 0.25) is 0 Å². The van der Waals surface area contributed by atoms with Gasteiger partial charge in [0.05, 0.1) is 29.6 Å². The van der Waals surface area contributed by atoms with E-state index in [1.807, 2.05) is 23.7 Å². The molecule has 0 fully saturated rings. The topological polar surface area (TPSA) is 72.7 Å². The van der Waals surface area contributed by atoms with E-state index in [0.29, 0.717) is 17.6 Å². The highest BCUT2D eigenvalue weighted by Gasteiger charge is 2.11. The van der Waals surface area contributed by atoms with Gasteiger partial charge in [0, 0.05) is 24.8 Å². The first-order chi connectivity index (χ1) is 9.75. The van der Waals surface area contributed by atoms with Crippen LogP contribution in [0.5, 0.6) is 0 Å². The lowest BCUT2D eigenvalue weighted by atomic mass is 10.1. The van der Waals surface area contributed by atoms with Crippen LogP contribution in [-0.2, 0) is 13.6 Å². The molecule has 0 aliphatic rings. The molecule has 0 radical (unpaired) electrons. The van der Waals surface area contributed by atoms with Crippen molar-refractivity contribution in [2.45, 2.75) is 6.54 Å². The molecule has 2 heterocycles. The number of para-hydroxylation sites is 1. The van der Waals surface area contributed by atoms with E-state index in [-0.39, 0.29) is 5.91 Å². The van der Waals surface area contributed by atoms with Crippen LogP contribution in [0.15, 0.2) is 43.2 Å². The van der Waals surface area contributed by atoms with Crippen LogP contribution >= 0.6 is 0 Å². The van der Waals surface area contributed by atoms with Gasteiger partial charge in [-0.25, -0.2) is 15.0 Å². The molecule has 0 atom stereocenters. The van der Waals surface area contributed by atoms with Crippen LogP contribution in [0.25, 0.3) is 10.9 Å². The lowest BCUT2D eigenvalue weighted by Crippen LogP contribution is -2.24. The molecule has 3 aromatic rings. The fourth-order valence-corrected chi connectivity index (χ4v) is 2.02. The fourth-order valence-electron chi connectivity index (χ4n) is 2.02. The van der Waals surface area contributed by atoms with Crippen LogP contribution in [0.1, 0.15) is 16.1 Å². The van der Waals surface area contributed by atoms with Crippen molar-refractivity contribution in [3.05, 3.63) is 54.5 Å². The molecule has 3 rings (SSSR count). The van der Waals surface area contributed by atoms with Crippen LogP contribution < -0.4 is 5.32 Å². The summed E-state index contributed by atoms with van der Waals surface area (Å²) in [6.07, 6.45) is 6.57. The number of amides is 1. The third kappa shape index (κ3) is 2.23. The molecule has 0 spiro atoms. The van der Waals surface area contributed by atoms with E-state index in [0.717, 1.165) is 11.1 Å². The number of carbonyl (C=O) groups is 1. The number of carbonyl (C=O) groups excluding carboxylic acids is 1. The van der Waals surface area contributed by atoms with Crippen molar-refractivity contribution < 1.29 is 4.79 Å². The minimum absolute atomic E-state index is 0.157. The molecule has 0 saturated carbocycles. The molecular formula is C14H13N5O. The van der Waals surface area contributed by atoms with Crippen LogP contribution in [0.2, 0.25) is 0 Å². The maximum Gasteiger partial charge on any atom is 0.253 e. The summed E-state index contributed by atoms with van der Waals surface area (Å²) >= 11 is 0. The predicted octanol–water partition coefficient (Wildman–Crippen LogP) is 1.29. The van der Waals surface area contributed by atoms with E-state index in [1.165, 1.54) is 6.33 Å². The average Bonchev–Trinajstić information content (AvgIpc) is 2.89. The molecule has 6 heteroatoms. The van der Waals surface area contributed by atoms with Gasteiger partial charge in [-0.15, -0.1) is 0 Å². The van der Waals surface area contributed by atoms with Crippen LogP contribution in [0.4, 0.5) is 0 Å². The fraction of sp³-hybridized carbons (Fsp3) is 0.143. The van der Waals surface area contributed by atoms with Crippen molar-refractivity contribution in [1.29, 1.82) is 0 Å². The minimum atomic E-state index is -0.157. The Balaban J connectivity index is 1.84. The number of aryl methyl sites for hydroxylation is 1. The number of benzene rings is 1. The third-order valence-corrected chi connectivity index (χ3v) is 3.13. The number of aromatic nitrogens is 4. The molecular weight excluding hydrogens is 254 g/mol. The first-order valence-electron chi connectivity index (χ1n) is 6.18. The Hall–Kier alpha value is -2.76. The third-order valence-electron chi connectivity index (χ3n) is 3.13. The zero-order valence-corrected chi connectivity index (χ0v) is 10.9. The molecule has 20 heavy (non-hydrogen) atoms. The van der Waals surface area contributed by atoms with Gasteiger partial charge in [-0.3, -0.25) is 4.79 Å². The maximum absolute atomic E-state index is 12.3.